The summed E-state index contributed by atoms with van der Waals surface area (Å²) < 4.78 is 0. The van der Waals surface area contributed by atoms with Crippen molar-refractivity contribution in [3.8, 4) is 0 Å². The molecule has 0 radical (unpaired) electrons. The fraction of sp³-hybridized carbons (Fsp3) is 0.632. The van der Waals surface area contributed by atoms with Gasteiger partial charge in [-0.05, 0) is 43.5 Å². The second-order valence-corrected chi connectivity index (χ2v) is 6.49. The standard InChI is InChI=1S/C19H30N2O2/c1-2-3-4-5-6-7-8-15-9-11-16(12-10-15)21-19(23)18-17(22)13-14-20-18/h9-12,17-18,20,22H,2-8,13-14H2,1H3,(H,21,23)/t17-,18-/m0/s1. The Hall–Kier alpha value is -1.39. The van der Waals surface area contributed by atoms with E-state index in [2.05, 4.69) is 29.7 Å². The molecule has 1 aromatic carbocycles. The van der Waals surface area contributed by atoms with E-state index in [4.69, 9.17) is 0 Å². The monoisotopic (exact) mass is 318 g/mol. The third-order valence-corrected chi connectivity index (χ3v) is 4.51. The number of carbonyl (C=O) groups is 1. The molecule has 1 heterocycles. The van der Waals surface area contributed by atoms with Crippen LogP contribution in [0.5, 0.6) is 0 Å². The Morgan fingerprint density at radius 1 is 1.17 bits per heavy atom. The van der Waals surface area contributed by atoms with E-state index in [1.807, 2.05) is 12.1 Å². The highest BCUT2D eigenvalue weighted by Crippen LogP contribution is 2.15. The van der Waals surface area contributed by atoms with Crippen LogP contribution in [0.4, 0.5) is 5.69 Å². The van der Waals surface area contributed by atoms with Gasteiger partial charge >= 0.3 is 0 Å². The second kappa shape index (κ2) is 9.68. The highest BCUT2D eigenvalue weighted by molar-refractivity contribution is 5.95. The Morgan fingerprint density at radius 3 is 2.52 bits per heavy atom. The molecule has 0 unspecified atom stereocenters. The van der Waals surface area contributed by atoms with Gasteiger partial charge in [0.1, 0.15) is 6.04 Å². The molecule has 2 rings (SSSR count). The van der Waals surface area contributed by atoms with Gasteiger partial charge in [-0.15, -0.1) is 0 Å². The van der Waals surface area contributed by atoms with Crippen molar-refractivity contribution in [1.29, 1.82) is 0 Å². The molecule has 1 aliphatic rings. The first-order valence-corrected chi connectivity index (χ1v) is 9.02. The summed E-state index contributed by atoms with van der Waals surface area (Å²) >= 11 is 0. The number of nitrogens with one attached hydrogen (secondary N) is 2. The summed E-state index contributed by atoms with van der Waals surface area (Å²) in [6.45, 7) is 2.93. The molecule has 128 valence electrons. The number of aliphatic hydroxyl groups is 1. The van der Waals surface area contributed by atoms with Crippen LogP contribution in [0.2, 0.25) is 0 Å². The van der Waals surface area contributed by atoms with Gasteiger partial charge in [0.15, 0.2) is 0 Å². The molecule has 1 saturated heterocycles. The van der Waals surface area contributed by atoms with Crippen molar-refractivity contribution in [2.24, 2.45) is 0 Å². The van der Waals surface area contributed by atoms with E-state index in [1.165, 1.54) is 44.1 Å². The van der Waals surface area contributed by atoms with Crippen molar-refractivity contribution >= 4 is 11.6 Å². The minimum absolute atomic E-state index is 0.154. The summed E-state index contributed by atoms with van der Waals surface area (Å²) in [6.07, 6.45) is 9.00. The van der Waals surface area contributed by atoms with Gasteiger partial charge in [0.05, 0.1) is 6.10 Å². The average molecular weight is 318 g/mol. The number of amides is 1. The lowest BCUT2D eigenvalue weighted by Gasteiger charge is -2.14. The topological polar surface area (TPSA) is 61.4 Å². The number of carbonyl (C=O) groups excluding carboxylic acids is 1. The number of rotatable bonds is 9. The molecule has 4 nitrogen and oxygen atoms in total. The second-order valence-electron chi connectivity index (χ2n) is 6.49. The third kappa shape index (κ3) is 5.96. The quantitative estimate of drug-likeness (QED) is 0.613. The maximum absolute atomic E-state index is 12.1. The van der Waals surface area contributed by atoms with E-state index in [0.717, 1.165) is 12.1 Å². The molecule has 0 aromatic heterocycles. The molecule has 1 amide bonds. The molecular weight excluding hydrogens is 288 g/mol. The van der Waals surface area contributed by atoms with Gasteiger partial charge in [0.2, 0.25) is 5.91 Å². The van der Waals surface area contributed by atoms with Crippen LogP contribution < -0.4 is 10.6 Å². The van der Waals surface area contributed by atoms with Crippen LogP contribution in [0.25, 0.3) is 0 Å². The zero-order valence-corrected chi connectivity index (χ0v) is 14.2. The fourth-order valence-corrected chi connectivity index (χ4v) is 3.04. The highest BCUT2D eigenvalue weighted by atomic mass is 16.3. The van der Waals surface area contributed by atoms with Crippen LogP contribution in [0, 0.1) is 0 Å². The van der Waals surface area contributed by atoms with Gasteiger partial charge in [-0.3, -0.25) is 4.79 Å². The zero-order valence-electron chi connectivity index (χ0n) is 14.2. The maximum Gasteiger partial charge on any atom is 0.244 e. The molecule has 2 atom stereocenters. The van der Waals surface area contributed by atoms with Crippen molar-refractivity contribution in [3.63, 3.8) is 0 Å². The minimum Gasteiger partial charge on any atom is -0.391 e. The lowest BCUT2D eigenvalue weighted by Crippen LogP contribution is -2.42. The molecule has 0 aliphatic carbocycles. The molecule has 3 N–H and O–H groups in total. The van der Waals surface area contributed by atoms with E-state index in [1.54, 1.807) is 0 Å². The molecule has 1 fully saturated rings. The number of aryl methyl sites for hydroxylation is 1. The van der Waals surface area contributed by atoms with Crippen LogP contribution in [-0.2, 0) is 11.2 Å². The predicted molar refractivity (Wildman–Crippen MR) is 94.6 cm³/mol. The van der Waals surface area contributed by atoms with E-state index in [0.29, 0.717) is 13.0 Å². The van der Waals surface area contributed by atoms with Crippen molar-refractivity contribution in [2.45, 2.75) is 70.4 Å². The molecule has 23 heavy (non-hydrogen) atoms. The fourth-order valence-electron chi connectivity index (χ4n) is 3.04. The van der Waals surface area contributed by atoms with Gasteiger partial charge in [0.25, 0.3) is 0 Å². The van der Waals surface area contributed by atoms with Crippen molar-refractivity contribution in [3.05, 3.63) is 29.8 Å². The molecule has 1 aliphatic heterocycles. The first kappa shape index (κ1) is 18.0. The Bertz CT molecular complexity index is 473. The van der Waals surface area contributed by atoms with Crippen molar-refractivity contribution in [1.82, 2.24) is 5.32 Å². The number of benzene rings is 1. The molecule has 1 aromatic rings. The first-order chi connectivity index (χ1) is 11.2. The number of aliphatic hydroxyl groups excluding tert-OH is 1. The average Bonchev–Trinajstić information content (AvgIpc) is 2.98. The summed E-state index contributed by atoms with van der Waals surface area (Å²) in [5.74, 6) is -0.154. The Labute approximate surface area is 139 Å². The van der Waals surface area contributed by atoms with Crippen LogP contribution in [-0.4, -0.2) is 29.7 Å². The summed E-state index contributed by atoms with van der Waals surface area (Å²) in [7, 11) is 0. The van der Waals surface area contributed by atoms with E-state index in [9.17, 15) is 9.90 Å². The third-order valence-electron chi connectivity index (χ3n) is 4.51. The smallest absolute Gasteiger partial charge is 0.244 e. The maximum atomic E-state index is 12.1. The summed E-state index contributed by atoms with van der Waals surface area (Å²) in [5.41, 5.74) is 2.11. The van der Waals surface area contributed by atoms with Crippen molar-refractivity contribution in [2.75, 3.05) is 11.9 Å². The van der Waals surface area contributed by atoms with Gasteiger partial charge < -0.3 is 15.7 Å². The number of hydrogen-bond donors (Lipinski definition) is 3. The normalized spacial score (nSPS) is 20.6. The lowest BCUT2D eigenvalue weighted by atomic mass is 10.0. The molecule has 4 heteroatoms. The number of hydrogen-bond acceptors (Lipinski definition) is 3. The van der Waals surface area contributed by atoms with E-state index >= 15 is 0 Å². The van der Waals surface area contributed by atoms with Gasteiger partial charge in [-0.25, -0.2) is 0 Å². The van der Waals surface area contributed by atoms with Gasteiger partial charge in [-0.2, -0.15) is 0 Å². The molecule has 0 bridgehead atoms. The van der Waals surface area contributed by atoms with Gasteiger partial charge in [0, 0.05) is 5.69 Å². The van der Waals surface area contributed by atoms with E-state index in [-0.39, 0.29) is 5.91 Å². The Balaban J connectivity index is 1.70. The summed E-state index contributed by atoms with van der Waals surface area (Å²) in [5, 5.41) is 15.6. The van der Waals surface area contributed by atoms with Gasteiger partial charge in [-0.1, -0.05) is 51.2 Å². The first-order valence-electron chi connectivity index (χ1n) is 9.02. The van der Waals surface area contributed by atoms with Crippen molar-refractivity contribution < 1.29 is 9.90 Å². The Morgan fingerprint density at radius 2 is 1.87 bits per heavy atom. The molecular formula is C19H30N2O2. The summed E-state index contributed by atoms with van der Waals surface area (Å²) in [6, 6.07) is 7.58. The number of unbranched alkanes of at least 4 members (excludes halogenated alkanes) is 5. The predicted octanol–water partition coefficient (Wildman–Crippen LogP) is 3.25. The van der Waals surface area contributed by atoms with Crippen LogP contribution in [0.3, 0.4) is 0 Å². The number of anilines is 1. The minimum atomic E-state index is -0.581. The highest BCUT2D eigenvalue weighted by Gasteiger charge is 2.30. The lowest BCUT2D eigenvalue weighted by molar-refractivity contribution is -0.119. The van der Waals surface area contributed by atoms with Crippen LogP contribution >= 0.6 is 0 Å². The zero-order chi connectivity index (χ0) is 16.5. The van der Waals surface area contributed by atoms with Crippen LogP contribution in [0.15, 0.2) is 24.3 Å². The largest absolute Gasteiger partial charge is 0.391 e. The molecule has 0 saturated carbocycles. The summed E-state index contributed by atoms with van der Waals surface area (Å²) in [4.78, 5) is 12.1. The molecule has 0 spiro atoms. The SMILES string of the molecule is CCCCCCCCc1ccc(NC(=O)[C@H]2NCC[C@@H]2O)cc1. The van der Waals surface area contributed by atoms with Crippen LogP contribution in [0.1, 0.15) is 57.4 Å². The van der Waals surface area contributed by atoms with E-state index < -0.39 is 12.1 Å². The Kier molecular flexibility index (Phi) is 7.56.